The molecule has 2 N–H and O–H groups in total. The van der Waals surface area contributed by atoms with Gasteiger partial charge in [0.1, 0.15) is 5.60 Å². The summed E-state index contributed by atoms with van der Waals surface area (Å²) < 4.78 is 44.5. The van der Waals surface area contributed by atoms with E-state index in [-0.39, 0.29) is 6.61 Å². The van der Waals surface area contributed by atoms with E-state index in [0.29, 0.717) is 12.1 Å². The van der Waals surface area contributed by atoms with Gasteiger partial charge in [0.2, 0.25) is 0 Å². The molecule has 1 unspecified atom stereocenters. The van der Waals surface area contributed by atoms with E-state index >= 15 is 0 Å². The van der Waals surface area contributed by atoms with Gasteiger partial charge in [0.25, 0.3) is 0 Å². The minimum Gasteiger partial charge on any atom is -0.481 e. The molecule has 1 aromatic heterocycles. The van der Waals surface area contributed by atoms with Crippen molar-refractivity contribution in [1.82, 2.24) is 4.98 Å². The summed E-state index contributed by atoms with van der Waals surface area (Å²) in [5, 5.41) is 10.4. The number of benzene rings is 1. The van der Waals surface area contributed by atoms with Gasteiger partial charge in [0, 0.05) is 17.8 Å². The number of aliphatic carboxylic acids is 1. The number of para-hydroxylation sites is 1. The summed E-state index contributed by atoms with van der Waals surface area (Å²) in [5.41, 5.74) is 1.75. The molecule has 1 atom stereocenters. The zero-order valence-electron chi connectivity index (χ0n) is 17.5. The number of nitrogens with one attached hydrogen (secondary N) is 1. The normalized spacial score (nSPS) is 25.6. The van der Waals surface area contributed by atoms with Crippen molar-refractivity contribution >= 4 is 16.9 Å². The number of carbonyl (C=O) groups is 1. The van der Waals surface area contributed by atoms with E-state index < -0.39 is 37.6 Å². The van der Waals surface area contributed by atoms with Crippen molar-refractivity contribution in [3.63, 3.8) is 0 Å². The third-order valence-corrected chi connectivity index (χ3v) is 4.41. The number of H-pyrrole nitrogens is 1. The Bertz CT molecular complexity index is 874. The number of hydrogen-bond acceptors (Lipinski definition) is 2. The minimum absolute atomic E-state index is 0.209. The molecular formula is C18H23NO3. The van der Waals surface area contributed by atoms with E-state index in [0.717, 1.165) is 28.5 Å². The molecule has 1 aliphatic heterocycles. The summed E-state index contributed by atoms with van der Waals surface area (Å²) in [6, 6.07) is 5.86. The van der Waals surface area contributed by atoms with Crippen molar-refractivity contribution < 1.29 is 21.5 Å². The van der Waals surface area contributed by atoms with Gasteiger partial charge in [0.15, 0.2) is 0 Å². The largest absolute Gasteiger partial charge is 0.481 e. The van der Waals surface area contributed by atoms with E-state index in [1.807, 2.05) is 25.1 Å². The lowest BCUT2D eigenvalue weighted by molar-refractivity contribution is -0.149. The first-order valence-electron chi connectivity index (χ1n) is 9.99. The lowest BCUT2D eigenvalue weighted by Gasteiger charge is -2.36. The number of aryl methyl sites for hydroxylation is 1. The Morgan fingerprint density at radius 1 is 1.59 bits per heavy atom. The first-order chi connectivity index (χ1) is 12.5. The first-order valence-corrected chi connectivity index (χ1v) is 7.49. The van der Waals surface area contributed by atoms with Crippen LogP contribution in [0, 0.1) is 0 Å². The number of aromatic amines is 1. The van der Waals surface area contributed by atoms with Crippen LogP contribution >= 0.6 is 0 Å². The quantitative estimate of drug-likeness (QED) is 0.884. The van der Waals surface area contributed by atoms with Crippen LogP contribution in [-0.4, -0.2) is 22.7 Å². The van der Waals surface area contributed by atoms with E-state index in [2.05, 4.69) is 4.98 Å². The van der Waals surface area contributed by atoms with E-state index in [4.69, 9.17) is 11.6 Å². The van der Waals surface area contributed by atoms with Gasteiger partial charge in [-0.2, -0.15) is 0 Å². The van der Waals surface area contributed by atoms with Crippen LogP contribution in [0.25, 0.3) is 10.9 Å². The second-order valence-electron chi connectivity index (χ2n) is 5.69. The van der Waals surface area contributed by atoms with E-state index in [1.54, 1.807) is 0 Å². The summed E-state index contributed by atoms with van der Waals surface area (Å²) in [6.07, 6.45) is -2.34. The highest BCUT2D eigenvalue weighted by atomic mass is 16.5. The molecule has 0 saturated heterocycles. The molecule has 0 fully saturated rings. The van der Waals surface area contributed by atoms with Crippen LogP contribution in [0.15, 0.2) is 18.2 Å². The Balaban J connectivity index is 2.21. The maximum atomic E-state index is 11.6. The molecule has 4 nitrogen and oxygen atoms in total. The highest BCUT2D eigenvalue weighted by Crippen LogP contribution is 2.42. The molecule has 0 bridgehead atoms. The molecule has 0 aliphatic carbocycles. The monoisotopic (exact) mass is 306 g/mol. The molecule has 2 heterocycles. The molecule has 0 spiro atoms. The maximum absolute atomic E-state index is 11.6. The summed E-state index contributed by atoms with van der Waals surface area (Å²) in [4.78, 5) is 14.9. The molecule has 1 aromatic carbocycles. The Morgan fingerprint density at radius 3 is 3.18 bits per heavy atom. The predicted octanol–water partition coefficient (Wildman–Crippen LogP) is 3.77. The predicted molar refractivity (Wildman–Crippen MR) is 86.2 cm³/mol. The van der Waals surface area contributed by atoms with Gasteiger partial charge >= 0.3 is 5.97 Å². The van der Waals surface area contributed by atoms with Gasteiger partial charge in [-0.25, -0.2) is 0 Å². The van der Waals surface area contributed by atoms with E-state index in [9.17, 15) is 9.90 Å². The number of hydrogen-bond donors (Lipinski definition) is 2. The molecular weight excluding hydrogens is 278 g/mol. The van der Waals surface area contributed by atoms with Crippen LogP contribution in [-0.2, 0) is 28.0 Å². The third-order valence-electron chi connectivity index (χ3n) is 4.41. The maximum Gasteiger partial charge on any atom is 0.306 e. The average molecular weight is 306 g/mol. The van der Waals surface area contributed by atoms with Gasteiger partial charge < -0.3 is 14.8 Å². The number of ether oxygens (including phenoxy) is 1. The fraction of sp³-hybridized carbons (Fsp3) is 0.500. The van der Waals surface area contributed by atoms with Gasteiger partial charge in [-0.15, -0.1) is 0 Å². The van der Waals surface area contributed by atoms with Crippen molar-refractivity contribution in [3.8, 4) is 0 Å². The number of carboxylic acids is 1. The Morgan fingerprint density at radius 2 is 2.45 bits per heavy atom. The Kier molecular flexibility index (Phi) is 2.63. The highest BCUT2D eigenvalue weighted by molar-refractivity contribution is 5.88. The van der Waals surface area contributed by atoms with Crippen molar-refractivity contribution in [1.29, 1.82) is 0 Å². The van der Waals surface area contributed by atoms with Crippen molar-refractivity contribution in [2.75, 3.05) is 6.61 Å². The lowest BCUT2D eigenvalue weighted by atomic mass is 9.85. The second kappa shape index (κ2) is 5.76. The van der Waals surface area contributed by atoms with Gasteiger partial charge in [-0.1, -0.05) is 38.3 Å². The topological polar surface area (TPSA) is 62.3 Å². The lowest BCUT2D eigenvalue weighted by Crippen LogP contribution is -2.37. The molecule has 3 rings (SSSR count). The molecule has 0 radical (unpaired) electrons. The summed E-state index contributed by atoms with van der Waals surface area (Å²) in [6.45, 7) is -0.663. The smallest absolute Gasteiger partial charge is 0.306 e. The zero-order chi connectivity index (χ0) is 20.0. The molecule has 0 saturated carbocycles. The highest BCUT2D eigenvalue weighted by Gasteiger charge is 2.41. The molecule has 1 aliphatic rings. The number of aromatic nitrogens is 1. The van der Waals surface area contributed by atoms with Crippen molar-refractivity contribution in [2.24, 2.45) is 0 Å². The molecule has 2 aromatic rings. The van der Waals surface area contributed by atoms with Crippen molar-refractivity contribution in [2.45, 2.75) is 51.4 Å². The second-order valence-corrected chi connectivity index (χ2v) is 5.69. The fourth-order valence-corrected chi connectivity index (χ4v) is 3.43. The van der Waals surface area contributed by atoms with Crippen molar-refractivity contribution in [3.05, 3.63) is 35.0 Å². The van der Waals surface area contributed by atoms with Crippen LogP contribution in [0.4, 0.5) is 0 Å². The van der Waals surface area contributed by atoms with Crippen LogP contribution < -0.4 is 0 Å². The average Bonchev–Trinajstić information content (AvgIpc) is 2.93. The third kappa shape index (κ3) is 2.31. The first kappa shape index (κ1) is 10.1. The van der Waals surface area contributed by atoms with Gasteiger partial charge in [-0.3, -0.25) is 4.79 Å². The summed E-state index contributed by atoms with van der Waals surface area (Å²) in [5.74, 6) is -1.17. The molecule has 0 amide bonds. The number of fused-ring (bicyclic) bond motifs is 3. The van der Waals surface area contributed by atoms with E-state index in [1.165, 1.54) is 0 Å². The fourth-order valence-electron chi connectivity index (χ4n) is 3.43. The number of rotatable bonds is 5. The zero-order valence-corrected chi connectivity index (χ0v) is 12.5. The standard InChI is InChI=1S/C18H23NO3/c1-3-9-18(11-15(20)21)17-14(8-10-22-18)13-7-5-6-12(4-2)16(13)19-17/h5-7,19H,3-4,8-11H2,1-2H3,(H,20,21)/i1D3,3D2. The number of carboxylic acid groups (broad SMARTS) is 1. The van der Waals surface area contributed by atoms with Crippen LogP contribution in [0.2, 0.25) is 0 Å². The van der Waals surface area contributed by atoms with Gasteiger partial charge in [-0.05, 0) is 30.4 Å². The minimum atomic E-state index is -2.89. The Labute approximate surface area is 137 Å². The molecule has 118 valence electrons. The Hall–Kier alpha value is -1.81. The SMILES string of the molecule is [2H]C([2H])([2H])C([2H])([2H])CC1(CC(=O)O)OCCc2c1[nH]c1c(CC)cccc21. The molecule has 22 heavy (non-hydrogen) atoms. The van der Waals surface area contributed by atoms with Crippen LogP contribution in [0.5, 0.6) is 0 Å². The van der Waals surface area contributed by atoms with Crippen LogP contribution in [0.1, 0.15) is 56.7 Å². The van der Waals surface area contributed by atoms with Gasteiger partial charge in [0.05, 0.1) is 18.7 Å². The molecule has 4 heteroatoms. The van der Waals surface area contributed by atoms with Crippen LogP contribution in [0.3, 0.4) is 0 Å². The summed E-state index contributed by atoms with van der Waals surface area (Å²) >= 11 is 0. The summed E-state index contributed by atoms with van der Waals surface area (Å²) in [7, 11) is 0.